The predicted octanol–water partition coefficient (Wildman–Crippen LogP) is 2.76. The molecule has 94 valence electrons. The summed E-state index contributed by atoms with van der Waals surface area (Å²) in [5.41, 5.74) is 2.08. The van der Waals surface area contributed by atoms with Gasteiger partial charge in [-0.15, -0.1) is 0 Å². The summed E-state index contributed by atoms with van der Waals surface area (Å²) < 4.78 is 5.67. The molecule has 3 heteroatoms. The largest absolute Gasteiger partial charge is 0.493 e. The third-order valence-corrected chi connectivity index (χ3v) is 2.75. The Kier molecular flexibility index (Phi) is 4.31. The number of aliphatic hydroxyl groups excluding tert-OH is 1. The smallest absolute Gasteiger partial charge is 0.119 e. The molecule has 0 bridgehead atoms. The lowest BCUT2D eigenvalue weighted by molar-refractivity contribution is 0.198. The van der Waals surface area contributed by atoms with Crippen LogP contribution in [0.4, 0.5) is 0 Å². The van der Waals surface area contributed by atoms with Crippen molar-refractivity contribution in [3.63, 3.8) is 0 Å². The second kappa shape index (κ2) is 6.17. The van der Waals surface area contributed by atoms with E-state index in [1.54, 1.807) is 19.3 Å². The molecule has 3 nitrogen and oxygen atoms in total. The molecule has 0 amide bonds. The van der Waals surface area contributed by atoms with Crippen LogP contribution in [0.2, 0.25) is 0 Å². The Bertz CT molecular complexity index is 483. The van der Waals surface area contributed by atoms with Gasteiger partial charge in [-0.05, 0) is 42.3 Å². The number of rotatable bonds is 5. The fraction of sp³-hybridized carbons (Fsp3) is 0.267. The number of hydrogen-bond acceptors (Lipinski definition) is 3. The summed E-state index contributed by atoms with van der Waals surface area (Å²) in [7, 11) is 0. The highest BCUT2D eigenvalue weighted by Crippen LogP contribution is 2.18. The first-order valence-electron chi connectivity index (χ1n) is 6.05. The van der Waals surface area contributed by atoms with Crippen molar-refractivity contribution in [2.75, 3.05) is 6.61 Å². The zero-order valence-corrected chi connectivity index (χ0v) is 10.4. The van der Waals surface area contributed by atoms with Gasteiger partial charge < -0.3 is 9.84 Å². The lowest BCUT2D eigenvalue weighted by Crippen LogP contribution is -2.02. The maximum Gasteiger partial charge on any atom is 0.119 e. The van der Waals surface area contributed by atoms with Crippen LogP contribution < -0.4 is 4.74 Å². The number of aromatic nitrogens is 1. The maximum atomic E-state index is 9.49. The van der Waals surface area contributed by atoms with Crippen LogP contribution in [0.25, 0.3) is 0 Å². The molecule has 1 atom stereocenters. The topological polar surface area (TPSA) is 42.4 Å². The van der Waals surface area contributed by atoms with Crippen molar-refractivity contribution in [2.24, 2.45) is 0 Å². The van der Waals surface area contributed by atoms with Gasteiger partial charge in [0.05, 0.1) is 12.7 Å². The van der Waals surface area contributed by atoms with Crippen molar-refractivity contribution in [3.8, 4) is 5.75 Å². The first-order valence-corrected chi connectivity index (χ1v) is 6.05. The van der Waals surface area contributed by atoms with E-state index in [0.717, 1.165) is 17.7 Å². The zero-order chi connectivity index (χ0) is 12.8. The van der Waals surface area contributed by atoms with E-state index >= 15 is 0 Å². The van der Waals surface area contributed by atoms with E-state index in [4.69, 9.17) is 4.74 Å². The molecule has 0 unspecified atom stereocenters. The molecule has 1 N–H and O–H groups in total. The van der Waals surface area contributed by atoms with Crippen LogP contribution in [0, 0.1) is 0 Å². The zero-order valence-electron chi connectivity index (χ0n) is 10.4. The summed E-state index contributed by atoms with van der Waals surface area (Å²) in [6, 6.07) is 11.5. The summed E-state index contributed by atoms with van der Waals surface area (Å²) in [6.07, 6.45) is 3.95. The van der Waals surface area contributed by atoms with Gasteiger partial charge in [0.15, 0.2) is 0 Å². The van der Waals surface area contributed by atoms with Gasteiger partial charge in [0, 0.05) is 18.8 Å². The Morgan fingerprint density at radius 2 is 2.00 bits per heavy atom. The number of nitrogens with zero attached hydrogens (tertiary/aromatic N) is 1. The molecule has 2 rings (SSSR count). The van der Waals surface area contributed by atoms with Crippen LogP contribution in [0.5, 0.6) is 5.75 Å². The van der Waals surface area contributed by atoms with E-state index in [2.05, 4.69) is 4.98 Å². The molecule has 0 aliphatic rings. The minimum Gasteiger partial charge on any atom is -0.493 e. The van der Waals surface area contributed by atoms with Gasteiger partial charge in [0.2, 0.25) is 0 Å². The fourth-order valence-corrected chi connectivity index (χ4v) is 1.70. The van der Waals surface area contributed by atoms with Crippen molar-refractivity contribution < 1.29 is 9.84 Å². The highest BCUT2D eigenvalue weighted by atomic mass is 16.5. The molecule has 1 aromatic heterocycles. The molecule has 0 aliphatic heterocycles. The highest BCUT2D eigenvalue weighted by Gasteiger charge is 2.02. The van der Waals surface area contributed by atoms with Gasteiger partial charge >= 0.3 is 0 Å². The minimum atomic E-state index is -0.464. The van der Waals surface area contributed by atoms with Crippen LogP contribution in [0.3, 0.4) is 0 Å². The number of ether oxygens (including phenoxy) is 1. The molecular weight excluding hydrogens is 226 g/mol. The average molecular weight is 243 g/mol. The fourth-order valence-electron chi connectivity index (χ4n) is 1.70. The first kappa shape index (κ1) is 12.6. The minimum absolute atomic E-state index is 0.464. The number of aliphatic hydroxyl groups is 1. The van der Waals surface area contributed by atoms with E-state index in [-0.39, 0.29) is 0 Å². The second-order valence-corrected chi connectivity index (χ2v) is 4.20. The third kappa shape index (κ3) is 3.57. The molecule has 1 heterocycles. The normalized spacial score (nSPS) is 12.1. The van der Waals surface area contributed by atoms with Gasteiger partial charge in [-0.25, -0.2) is 0 Å². The monoisotopic (exact) mass is 243 g/mol. The molecule has 0 spiro atoms. The van der Waals surface area contributed by atoms with E-state index in [1.165, 1.54) is 5.56 Å². The molecule has 0 saturated heterocycles. The SMILES string of the molecule is C[C@H](O)c1cccc(OCCc2ccncc2)c1. The second-order valence-electron chi connectivity index (χ2n) is 4.20. The molecule has 0 saturated carbocycles. The average Bonchev–Trinajstić information content (AvgIpc) is 2.40. The first-order chi connectivity index (χ1) is 8.75. The highest BCUT2D eigenvalue weighted by molar-refractivity contribution is 5.29. The summed E-state index contributed by atoms with van der Waals surface area (Å²) in [4.78, 5) is 3.97. The number of hydrogen-bond donors (Lipinski definition) is 1. The van der Waals surface area contributed by atoms with Crippen molar-refractivity contribution in [2.45, 2.75) is 19.4 Å². The Balaban J connectivity index is 1.89. The lowest BCUT2D eigenvalue weighted by atomic mass is 10.1. The van der Waals surface area contributed by atoms with Gasteiger partial charge in [0.1, 0.15) is 5.75 Å². The number of pyridine rings is 1. The van der Waals surface area contributed by atoms with Crippen molar-refractivity contribution >= 4 is 0 Å². The molecule has 2 aromatic rings. The van der Waals surface area contributed by atoms with Gasteiger partial charge in [-0.1, -0.05) is 12.1 Å². The predicted molar refractivity (Wildman–Crippen MR) is 70.5 cm³/mol. The van der Waals surface area contributed by atoms with Crippen LogP contribution in [0.1, 0.15) is 24.2 Å². The molecular formula is C15H17NO2. The lowest BCUT2D eigenvalue weighted by Gasteiger charge is -2.09. The summed E-state index contributed by atoms with van der Waals surface area (Å²) in [6.45, 7) is 2.36. The molecule has 18 heavy (non-hydrogen) atoms. The maximum absolute atomic E-state index is 9.49. The third-order valence-electron chi connectivity index (χ3n) is 2.75. The Morgan fingerprint density at radius 3 is 2.72 bits per heavy atom. The Labute approximate surface area is 107 Å². The van der Waals surface area contributed by atoms with Crippen molar-refractivity contribution in [1.82, 2.24) is 4.98 Å². The van der Waals surface area contributed by atoms with Gasteiger partial charge in [-0.2, -0.15) is 0 Å². The molecule has 1 aromatic carbocycles. The number of benzene rings is 1. The van der Waals surface area contributed by atoms with Crippen LogP contribution >= 0.6 is 0 Å². The Morgan fingerprint density at radius 1 is 1.22 bits per heavy atom. The van der Waals surface area contributed by atoms with E-state index < -0.39 is 6.10 Å². The Hall–Kier alpha value is -1.87. The molecule has 0 radical (unpaired) electrons. The summed E-state index contributed by atoms with van der Waals surface area (Å²) in [5.74, 6) is 0.794. The van der Waals surface area contributed by atoms with Crippen LogP contribution in [0.15, 0.2) is 48.8 Å². The summed E-state index contributed by atoms with van der Waals surface area (Å²) >= 11 is 0. The van der Waals surface area contributed by atoms with Gasteiger partial charge in [0.25, 0.3) is 0 Å². The van der Waals surface area contributed by atoms with Crippen molar-refractivity contribution in [1.29, 1.82) is 0 Å². The van der Waals surface area contributed by atoms with Crippen LogP contribution in [-0.4, -0.2) is 16.7 Å². The van der Waals surface area contributed by atoms with Crippen molar-refractivity contribution in [3.05, 3.63) is 59.9 Å². The molecule has 0 aliphatic carbocycles. The summed E-state index contributed by atoms with van der Waals surface area (Å²) in [5, 5.41) is 9.49. The standard InChI is InChI=1S/C15H17NO2/c1-12(17)14-3-2-4-15(11-14)18-10-7-13-5-8-16-9-6-13/h2-6,8-9,11-12,17H,7,10H2,1H3/t12-/m0/s1. The molecule has 0 fully saturated rings. The van der Waals surface area contributed by atoms with Crippen LogP contribution in [-0.2, 0) is 6.42 Å². The quantitative estimate of drug-likeness (QED) is 0.878. The van der Waals surface area contributed by atoms with E-state index in [0.29, 0.717) is 6.61 Å². The van der Waals surface area contributed by atoms with E-state index in [9.17, 15) is 5.11 Å². The van der Waals surface area contributed by atoms with Gasteiger partial charge in [-0.3, -0.25) is 4.98 Å². The van der Waals surface area contributed by atoms with E-state index in [1.807, 2.05) is 36.4 Å².